The number of nitrogens with zero attached hydrogens (tertiary/aromatic N) is 1. The minimum atomic E-state index is 0.0477. The molecule has 4 nitrogen and oxygen atoms in total. The van der Waals surface area contributed by atoms with Crippen molar-refractivity contribution in [3.8, 4) is 0 Å². The van der Waals surface area contributed by atoms with E-state index in [9.17, 15) is 4.79 Å². The Labute approximate surface area is 156 Å². The van der Waals surface area contributed by atoms with E-state index in [-0.39, 0.29) is 5.91 Å². The van der Waals surface area contributed by atoms with Gasteiger partial charge in [0.15, 0.2) is 0 Å². The predicted octanol–water partition coefficient (Wildman–Crippen LogP) is 3.84. The van der Waals surface area contributed by atoms with Gasteiger partial charge in [0.25, 0.3) is 0 Å². The van der Waals surface area contributed by atoms with Gasteiger partial charge in [0.1, 0.15) is 0 Å². The fraction of sp³-hybridized carbons (Fsp3) is 0.409. The van der Waals surface area contributed by atoms with Gasteiger partial charge in [0.05, 0.1) is 17.9 Å². The van der Waals surface area contributed by atoms with Gasteiger partial charge >= 0.3 is 0 Å². The van der Waals surface area contributed by atoms with Crippen LogP contribution in [-0.2, 0) is 11.2 Å². The SMILES string of the molecule is O=C(CNc1ccccc1N1CCCCC1)NCCCc1ccccc1. The van der Waals surface area contributed by atoms with Gasteiger partial charge < -0.3 is 15.5 Å². The average Bonchev–Trinajstić information content (AvgIpc) is 2.71. The number of carbonyl (C=O) groups excluding carboxylic acids is 1. The van der Waals surface area contributed by atoms with Crippen LogP contribution in [0, 0.1) is 0 Å². The Morgan fingerprint density at radius 3 is 2.46 bits per heavy atom. The van der Waals surface area contributed by atoms with E-state index < -0.39 is 0 Å². The van der Waals surface area contributed by atoms with E-state index in [1.807, 2.05) is 12.1 Å². The molecular formula is C22H29N3O. The summed E-state index contributed by atoms with van der Waals surface area (Å²) in [4.78, 5) is 14.5. The van der Waals surface area contributed by atoms with Crippen LogP contribution >= 0.6 is 0 Å². The summed E-state index contributed by atoms with van der Waals surface area (Å²) in [5.74, 6) is 0.0477. The largest absolute Gasteiger partial charge is 0.374 e. The third-order valence-electron chi connectivity index (χ3n) is 4.85. The summed E-state index contributed by atoms with van der Waals surface area (Å²) in [5, 5.41) is 6.32. The molecule has 0 radical (unpaired) electrons. The number of amides is 1. The maximum absolute atomic E-state index is 12.1. The first-order chi connectivity index (χ1) is 12.8. The molecule has 4 heteroatoms. The Morgan fingerprint density at radius 1 is 0.923 bits per heavy atom. The second-order valence-corrected chi connectivity index (χ2v) is 6.86. The van der Waals surface area contributed by atoms with E-state index in [4.69, 9.17) is 0 Å². The van der Waals surface area contributed by atoms with Crippen LogP contribution in [0.5, 0.6) is 0 Å². The molecule has 0 unspecified atom stereocenters. The molecule has 0 aliphatic carbocycles. The molecule has 1 fully saturated rings. The van der Waals surface area contributed by atoms with E-state index in [2.05, 4.69) is 58.0 Å². The number of rotatable bonds is 8. The van der Waals surface area contributed by atoms with Crippen molar-refractivity contribution >= 4 is 17.3 Å². The van der Waals surface area contributed by atoms with Crippen LogP contribution in [0.3, 0.4) is 0 Å². The lowest BCUT2D eigenvalue weighted by atomic mass is 10.1. The normalized spacial score (nSPS) is 14.1. The topological polar surface area (TPSA) is 44.4 Å². The lowest BCUT2D eigenvalue weighted by Gasteiger charge is -2.30. The van der Waals surface area contributed by atoms with Gasteiger partial charge in [0.2, 0.25) is 5.91 Å². The molecule has 0 aromatic heterocycles. The van der Waals surface area contributed by atoms with Crippen LogP contribution in [-0.4, -0.2) is 32.1 Å². The standard InChI is InChI=1S/C22H29N3O/c26-22(23-15-9-12-19-10-3-1-4-11-19)18-24-20-13-5-6-14-21(20)25-16-7-2-8-17-25/h1,3-6,10-11,13-14,24H,2,7-9,12,15-18H2,(H,23,26). The minimum Gasteiger partial charge on any atom is -0.374 e. The monoisotopic (exact) mass is 351 g/mol. The van der Waals surface area contributed by atoms with Gasteiger partial charge in [-0.2, -0.15) is 0 Å². The minimum absolute atomic E-state index is 0.0477. The average molecular weight is 351 g/mol. The Balaban J connectivity index is 1.41. The van der Waals surface area contributed by atoms with Crippen molar-refractivity contribution in [2.75, 3.05) is 36.4 Å². The second-order valence-electron chi connectivity index (χ2n) is 6.86. The molecule has 138 valence electrons. The molecule has 1 aliphatic heterocycles. The fourth-order valence-corrected chi connectivity index (χ4v) is 3.44. The highest BCUT2D eigenvalue weighted by Crippen LogP contribution is 2.27. The molecule has 26 heavy (non-hydrogen) atoms. The number of aryl methyl sites for hydroxylation is 1. The van der Waals surface area contributed by atoms with Crippen LogP contribution < -0.4 is 15.5 Å². The molecule has 0 atom stereocenters. The third kappa shape index (κ3) is 5.51. The number of nitrogens with one attached hydrogen (secondary N) is 2. The lowest BCUT2D eigenvalue weighted by molar-refractivity contribution is -0.119. The smallest absolute Gasteiger partial charge is 0.239 e. The zero-order valence-electron chi connectivity index (χ0n) is 15.4. The van der Waals surface area contributed by atoms with Crippen molar-refractivity contribution in [1.29, 1.82) is 0 Å². The summed E-state index contributed by atoms with van der Waals surface area (Å²) >= 11 is 0. The van der Waals surface area contributed by atoms with Gasteiger partial charge in [-0.25, -0.2) is 0 Å². The first kappa shape index (κ1) is 18.3. The van der Waals surface area contributed by atoms with Crippen molar-refractivity contribution in [2.24, 2.45) is 0 Å². The number of benzene rings is 2. The van der Waals surface area contributed by atoms with Crippen molar-refractivity contribution in [3.63, 3.8) is 0 Å². The number of hydrogen-bond donors (Lipinski definition) is 2. The number of para-hydroxylation sites is 2. The molecule has 1 aliphatic rings. The van der Waals surface area contributed by atoms with E-state index in [1.54, 1.807) is 0 Å². The second kappa shape index (κ2) is 9.85. The Morgan fingerprint density at radius 2 is 1.65 bits per heavy atom. The summed E-state index contributed by atoms with van der Waals surface area (Å²) in [6.07, 6.45) is 5.76. The Kier molecular flexibility index (Phi) is 6.94. The Hall–Kier alpha value is -2.49. The van der Waals surface area contributed by atoms with E-state index in [0.29, 0.717) is 13.1 Å². The molecule has 1 heterocycles. The first-order valence-electron chi connectivity index (χ1n) is 9.71. The summed E-state index contributed by atoms with van der Waals surface area (Å²) in [6.45, 7) is 3.23. The molecule has 1 amide bonds. The molecular weight excluding hydrogens is 322 g/mol. The van der Waals surface area contributed by atoms with Crippen molar-refractivity contribution in [1.82, 2.24) is 5.32 Å². The van der Waals surface area contributed by atoms with E-state index in [1.165, 1.54) is 30.5 Å². The lowest BCUT2D eigenvalue weighted by Crippen LogP contribution is -2.32. The van der Waals surface area contributed by atoms with E-state index >= 15 is 0 Å². The molecule has 2 N–H and O–H groups in total. The summed E-state index contributed by atoms with van der Waals surface area (Å²) < 4.78 is 0. The highest BCUT2D eigenvalue weighted by atomic mass is 16.1. The maximum atomic E-state index is 12.1. The highest BCUT2D eigenvalue weighted by molar-refractivity contribution is 5.82. The molecule has 1 saturated heterocycles. The summed E-state index contributed by atoms with van der Waals surface area (Å²) in [5.41, 5.74) is 3.58. The van der Waals surface area contributed by atoms with Gasteiger partial charge in [-0.15, -0.1) is 0 Å². The number of piperidine rings is 1. The fourth-order valence-electron chi connectivity index (χ4n) is 3.44. The van der Waals surface area contributed by atoms with Crippen molar-refractivity contribution in [2.45, 2.75) is 32.1 Å². The molecule has 0 bridgehead atoms. The third-order valence-corrected chi connectivity index (χ3v) is 4.85. The van der Waals surface area contributed by atoms with E-state index in [0.717, 1.165) is 31.6 Å². The van der Waals surface area contributed by atoms with Crippen LogP contribution in [0.25, 0.3) is 0 Å². The van der Waals surface area contributed by atoms with Crippen molar-refractivity contribution < 1.29 is 4.79 Å². The quantitative estimate of drug-likeness (QED) is 0.710. The van der Waals surface area contributed by atoms with Crippen LogP contribution in [0.15, 0.2) is 54.6 Å². The van der Waals surface area contributed by atoms with Crippen LogP contribution in [0.1, 0.15) is 31.2 Å². The zero-order valence-corrected chi connectivity index (χ0v) is 15.4. The number of hydrogen-bond acceptors (Lipinski definition) is 3. The van der Waals surface area contributed by atoms with Crippen LogP contribution in [0.2, 0.25) is 0 Å². The van der Waals surface area contributed by atoms with Gasteiger partial charge in [0, 0.05) is 19.6 Å². The molecule has 0 spiro atoms. The molecule has 2 aromatic rings. The predicted molar refractivity (Wildman–Crippen MR) is 109 cm³/mol. The van der Waals surface area contributed by atoms with Crippen molar-refractivity contribution in [3.05, 3.63) is 60.2 Å². The summed E-state index contributed by atoms with van der Waals surface area (Å²) in [6, 6.07) is 18.7. The van der Waals surface area contributed by atoms with Gasteiger partial charge in [-0.05, 0) is 49.8 Å². The first-order valence-corrected chi connectivity index (χ1v) is 9.71. The molecule has 2 aromatic carbocycles. The van der Waals surface area contributed by atoms with Gasteiger partial charge in [-0.3, -0.25) is 4.79 Å². The zero-order chi connectivity index (χ0) is 18.0. The Bertz CT molecular complexity index is 681. The highest BCUT2D eigenvalue weighted by Gasteiger charge is 2.14. The number of anilines is 2. The maximum Gasteiger partial charge on any atom is 0.239 e. The molecule has 0 saturated carbocycles. The van der Waals surface area contributed by atoms with Crippen LogP contribution in [0.4, 0.5) is 11.4 Å². The summed E-state index contributed by atoms with van der Waals surface area (Å²) in [7, 11) is 0. The number of carbonyl (C=O) groups is 1. The molecule has 3 rings (SSSR count). The van der Waals surface area contributed by atoms with Gasteiger partial charge in [-0.1, -0.05) is 42.5 Å².